The van der Waals surface area contributed by atoms with Gasteiger partial charge in [0, 0.05) is 24.9 Å². The number of amides is 1. The van der Waals surface area contributed by atoms with Gasteiger partial charge in [0.05, 0.1) is 6.10 Å². The van der Waals surface area contributed by atoms with Crippen LogP contribution in [0.15, 0.2) is 0 Å². The van der Waals surface area contributed by atoms with Gasteiger partial charge in [-0.25, -0.2) is 0 Å². The van der Waals surface area contributed by atoms with E-state index in [1.165, 1.54) is 0 Å². The average Bonchev–Trinajstić information content (AvgIpc) is 2.85. The molecule has 0 aromatic carbocycles. The molecule has 3 unspecified atom stereocenters. The van der Waals surface area contributed by atoms with Gasteiger partial charge in [-0.3, -0.25) is 4.79 Å². The molecule has 3 aliphatic rings. The second-order valence-corrected chi connectivity index (χ2v) is 6.44. The fraction of sp³-hybridized carbons (Fsp3) is 0.929. The SMILES string of the molecule is CC(O)C1CCN(C(=O)C2CC23CCNCC3)C1. The van der Waals surface area contributed by atoms with Crippen molar-refractivity contribution in [2.45, 2.75) is 38.7 Å². The highest BCUT2D eigenvalue weighted by atomic mass is 16.3. The molecule has 1 amide bonds. The lowest BCUT2D eigenvalue weighted by molar-refractivity contribution is -0.132. The normalized spacial score (nSPS) is 35.8. The van der Waals surface area contributed by atoms with Crippen molar-refractivity contribution in [1.29, 1.82) is 0 Å². The highest BCUT2D eigenvalue weighted by molar-refractivity contribution is 5.83. The summed E-state index contributed by atoms with van der Waals surface area (Å²) in [6, 6.07) is 0. The molecule has 2 aliphatic heterocycles. The van der Waals surface area contributed by atoms with Crippen LogP contribution in [0.1, 0.15) is 32.6 Å². The summed E-state index contributed by atoms with van der Waals surface area (Å²) in [6.45, 7) is 5.59. The quantitative estimate of drug-likeness (QED) is 0.757. The summed E-state index contributed by atoms with van der Waals surface area (Å²) in [5.74, 6) is 0.934. The number of carbonyl (C=O) groups is 1. The molecule has 1 spiro atoms. The topological polar surface area (TPSA) is 52.6 Å². The number of nitrogens with zero attached hydrogens (tertiary/aromatic N) is 1. The molecule has 3 rings (SSSR count). The van der Waals surface area contributed by atoms with Crippen LogP contribution in [-0.2, 0) is 4.79 Å². The summed E-state index contributed by atoms with van der Waals surface area (Å²) in [7, 11) is 0. The van der Waals surface area contributed by atoms with Crippen LogP contribution in [-0.4, -0.2) is 48.2 Å². The molecule has 2 heterocycles. The Morgan fingerprint density at radius 1 is 1.44 bits per heavy atom. The lowest BCUT2D eigenvalue weighted by Crippen LogP contribution is -2.36. The fourth-order valence-electron chi connectivity index (χ4n) is 3.78. The van der Waals surface area contributed by atoms with Crippen molar-refractivity contribution >= 4 is 5.91 Å². The zero-order valence-electron chi connectivity index (χ0n) is 11.2. The molecule has 102 valence electrons. The zero-order valence-corrected chi connectivity index (χ0v) is 11.2. The van der Waals surface area contributed by atoms with Gasteiger partial charge in [0.2, 0.25) is 5.91 Å². The Morgan fingerprint density at radius 2 is 2.17 bits per heavy atom. The summed E-state index contributed by atoms with van der Waals surface area (Å²) in [5, 5.41) is 13.0. The minimum Gasteiger partial charge on any atom is -0.393 e. The predicted molar refractivity (Wildman–Crippen MR) is 69.0 cm³/mol. The first-order valence-corrected chi connectivity index (χ1v) is 7.30. The Labute approximate surface area is 109 Å². The van der Waals surface area contributed by atoms with Gasteiger partial charge in [-0.05, 0) is 51.1 Å². The highest BCUT2D eigenvalue weighted by Crippen LogP contribution is 2.59. The number of rotatable bonds is 2. The standard InChI is InChI=1S/C14H24N2O2/c1-10(17)11-2-7-16(9-11)13(18)12-8-14(12)3-5-15-6-4-14/h10-12,15,17H,2-9H2,1H3. The average molecular weight is 252 g/mol. The smallest absolute Gasteiger partial charge is 0.226 e. The number of likely N-dealkylation sites (tertiary alicyclic amines) is 1. The molecule has 4 nitrogen and oxygen atoms in total. The van der Waals surface area contributed by atoms with Crippen LogP contribution in [0.25, 0.3) is 0 Å². The minimum absolute atomic E-state index is 0.283. The fourth-order valence-corrected chi connectivity index (χ4v) is 3.78. The largest absolute Gasteiger partial charge is 0.393 e. The van der Waals surface area contributed by atoms with Gasteiger partial charge in [-0.15, -0.1) is 0 Å². The lowest BCUT2D eigenvalue weighted by atomic mass is 9.91. The number of aliphatic hydroxyl groups excluding tert-OH is 1. The molecule has 2 N–H and O–H groups in total. The molecule has 1 aliphatic carbocycles. The molecule has 18 heavy (non-hydrogen) atoms. The molecular formula is C14H24N2O2. The van der Waals surface area contributed by atoms with Crippen molar-refractivity contribution < 1.29 is 9.90 Å². The van der Waals surface area contributed by atoms with Crippen molar-refractivity contribution in [3.05, 3.63) is 0 Å². The van der Waals surface area contributed by atoms with Gasteiger partial charge in [-0.1, -0.05) is 0 Å². The molecule has 0 radical (unpaired) electrons. The first-order valence-electron chi connectivity index (χ1n) is 7.30. The van der Waals surface area contributed by atoms with E-state index in [1.807, 2.05) is 11.8 Å². The number of piperidine rings is 1. The van der Waals surface area contributed by atoms with E-state index in [0.29, 0.717) is 11.3 Å². The van der Waals surface area contributed by atoms with Gasteiger partial charge in [-0.2, -0.15) is 0 Å². The number of hydrogen-bond donors (Lipinski definition) is 2. The van der Waals surface area contributed by atoms with Crippen molar-refractivity contribution in [3.63, 3.8) is 0 Å². The maximum atomic E-state index is 12.5. The van der Waals surface area contributed by atoms with Crippen LogP contribution >= 0.6 is 0 Å². The summed E-state index contributed by atoms with van der Waals surface area (Å²) < 4.78 is 0. The van der Waals surface area contributed by atoms with Gasteiger partial charge < -0.3 is 15.3 Å². The zero-order chi connectivity index (χ0) is 12.8. The molecule has 1 saturated carbocycles. The third kappa shape index (κ3) is 2.05. The maximum absolute atomic E-state index is 12.5. The minimum atomic E-state index is -0.283. The molecule has 3 atom stereocenters. The van der Waals surface area contributed by atoms with E-state index in [-0.39, 0.29) is 17.9 Å². The van der Waals surface area contributed by atoms with Gasteiger partial charge in [0.15, 0.2) is 0 Å². The van der Waals surface area contributed by atoms with Crippen molar-refractivity contribution in [2.75, 3.05) is 26.2 Å². The number of nitrogens with one attached hydrogen (secondary N) is 1. The first-order chi connectivity index (χ1) is 8.62. The van der Waals surface area contributed by atoms with Crippen LogP contribution in [0.3, 0.4) is 0 Å². The van der Waals surface area contributed by atoms with Crippen LogP contribution < -0.4 is 5.32 Å². The molecule has 0 aromatic heterocycles. The van der Waals surface area contributed by atoms with Crippen LogP contribution in [0.4, 0.5) is 0 Å². The molecule has 2 saturated heterocycles. The van der Waals surface area contributed by atoms with Crippen LogP contribution in [0.5, 0.6) is 0 Å². The lowest BCUT2D eigenvalue weighted by Gasteiger charge is -2.25. The molecule has 3 fully saturated rings. The Bertz CT molecular complexity index is 337. The van der Waals surface area contributed by atoms with Crippen molar-refractivity contribution in [1.82, 2.24) is 10.2 Å². The third-order valence-electron chi connectivity index (χ3n) is 5.31. The van der Waals surface area contributed by atoms with E-state index in [9.17, 15) is 9.90 Å². The van der Waals surface area contributed by atoms with E-state index >= 15 is 0 Å². The maximum Gasteiger partial charge on any atom is 0.226 e. The Kier molecular flexibility index (Phi) is 3.10. The molecule has 4 heteroatoms. The summed E-state index contributed by atoms with van der Waals surface area (Å²) in [5.41, 5.74) is 0.339. The van der Waals surface area contributed by atoms with Gasteiger partial charge >= 0.3 is 0 Å². The van der Waals surface area contributed by atoms with Crippen molar-refractivity contribution in [3.8, 4) is 0 Å². The van der Waals surface area contributed by atoms with E-state index in [2.05, 4.69) is 5.32 Å². The second kappa shape index (κ2) is 4.49. The Balaban J connectivity index is 1.57. The van der Waals surface area contributed by atoms with Gasteiger partial charge in [0.1, 0.15) is 0 Å². The monoisotopic (exact) mass is 252 g/mol. The Morgan fingerprint density at radius 3 is 2.78 bits per heavy atom. The number of carbonyl (C=O) groups excluding carboxylic acids is 1. The molecule has 0 aromatic rings. The summed E-state index contributed by atoms with van der Waals surface area (Å²) >= 11 is 0. The van der Waals surface area contributed by atoms with Crippen LogP contribution in [0, 0.1) is 17.3 Å². The second-order valence-electron chi connectivity index (χ2n) is 6.44. The van der Waals surface area contributed by atoms with E-state index in [0.717, 1.165) is 51.9 Å². The van der Waals surface area contributed by atoms with Crippen molar-refractivity contribution in [2.24, 2.45) is 17.3 Å². The number of aliphatic hydroxyl groups is 1. The van der Waals surface area contributed by atoms with E-state index in [4.69, 9.17) is 0 Å². The first kappa shape index (κ1) is 12.4. The van der Waals surface area contributed by atoms with Gasteiger partial charge in [0.25, 0.3) is 0 Å². The Hall–Kier alpha value is -0.610. The summed E-state index contributed by atoms with van der Waals surface area (Å²) in [4.78, 5) is 14.5. The number of hydrogen-bond acceptors (Lipinski definition) is 3. The molecular weight excluding hydrogens is 228 g/mol. The highest BCUT2D eigenvalue weighted by Gasteiger charge is 2.58. The molecule has 0 bridgehead atoms. The van der Waals surface area contributed by atoms with E-state index < -0.39 is 0 Å². The third-order valence-corrected chi connectivity index (χ3v) is 5.31. The van der Waals surface area contributed by atoms with E-state index in [1.54, 1.807) is 0 Å². The van der Waals surface area contributed by atoms with Crippen LogP contribution in [0.2, 0.25) is 0 Å². The summed E-state index contributed by atoms with van der Waals surface area (Å²) in [6.07, 6.45) is 4.11. The predicted octanol–water partition coefficient (Wildman–Crippen LogP) is 0.605.